The van der Waals surface area contributed by atoms with E-state index in [-0.39, 0.29) is 19.3 Å². The van der Waals surface area contributed by atoms with Crippen LogP contribution in [0.25, 0.3) is 0 Å². The van der Waals surface area contributed by atoms with E-state index in [2.05, 4.69) is 20.8 Å². The normalized spacial score (nSPS) is 12.7. The van der Waals surface area contributed by atoms with Crippen LogP contribution < -0.4 is 0 Å². The molecule has 75 heavy (non-hydrogen) atoms. The second-order valence-electron chi connectivity index (χ2n) is 24.3. The largest absolute Gasteiger partial charge is 0.393 e. The van der Waals surface area contributed by atoms with Crippen molar-refractivity contribution in [1.82, 2.24) is 0 Å². The first-order chi connectivity index (χ1) is 36.8. The number of Topliss-reactive ketones (excluding diaryl/α,β-unsaturated/α-hetero) is 3. The average molecular weight is 1060 g/mol. The Morgan fingerprint density at radius 1 is 0.227 bits per heavy atom. The van der Waals surface area contributed by atoms with Crippen LogP contribution in [0.3, 0.4) is 0 Å². The van der Waals surface area contributed by atoms with Crippen LogP contribution in [0.1, 0.15) is 406 Å². The van der Waals surface area contributed by atoms with Crippen molar-refractivity contribution in [2.75, 3.05) is 6.61 Å². The molecule has 0 aromatic carbocycles. The molecule has 6 heteroatoms. The molecule has 1 atom stereocenters. The van der Waals surface area contributed by atoms with Gasteiger partial charge in [-0.3, -0.25) is 14.4 Å². The van der Waals surface area contributed by atoms with E-state index in [0.29, 0.717) is 19.3 Å². The Bertz CT molecular complexity index is 1150. The Labute approximate surface area is 468 Å². The quantitative estimate of drug-likeness (QED) is 0.0413. The van der Waals surface area contributed by atoms with Crippen LogP contribution in [-0.4, -0.2) is 50.5 Å². The lowest BCUT2D eigenvalue weighted by atomic mass is 9.71. The van der Waals surface area contributed by atoms with Crippen molar-refractivity contribution >= 4 is 17.3 Å². The summed E-state index contributed by atoms with van der Waals surface area (Å²) >= 11 is 0. The van der Waals surface area contributed by atoms with Crippen molar-refractivity contribution in [3.63, 3.8) is 0 Å². The van der Waals surface area contributed by atoms with Crippen molar-refractivity contribution < 1.29 is 29.7 Å². The number of unbranched alkanes of at least 4 members (excludes halogenated alkanes) is 54. The molecule has 6 nitrogen and oxygen atoms in total. The van der Waals surface area contributed by atoms with Crippen molar-refractivity contribution in [1.29, 1.82) is 0 Å². The smallest absolute Gasteiger partial charge is 0.219 e. The summed E-state index contributed by atoms with van der Waals surface area (Å²) < 4.78 is 0. The van der Waals surface area contributed by atoms with E-state index in [0.717, 1.165) is 57.8 Å². The van der Waals surface area contributed by atoms with Crippen LogP contribution in [0.5, 0.6) is 0 Å². The first-order valence-corrected chi connectivity index (χ1v) is 34.4. The molecule has 0 rings (SSSR count). The van der Waals surface area contributed by atoms with Gasteiger partial charge in [-0.05, 0) is 19.3 Å². The minimum atomic E-state index is -2.92. The fourth-order valence-electron chi connectivity index (χ4n) is 11.7. The molecule has 3 N–H and O–H groups in total. The van der Waals surface area contributed by atoms with Crippen molar-refractivity contribution in [2.24, 2.45) is 0 Å². The van der Waals surface area contributed by atoms with Crippen LogP contribution in [0.4, 0.5) is 0 Å². The number of hydrogen-bond acceptors (Lipinski definition) is 6. The molecule has 0 heterocycles. The minimum Gasteiger partial charge on any atom is -0.393 e. The fourth-order valence-corrected chi connectivity index (χ4v) is 11.7. The van der Waals surface area contributed by atoms with E-state index < -0.39 is 35.2 Å². The molecule has 446 valence electrons. The molecule has 0 saturated heterocycles. The summed E-state index contributed by atoms with van der Waals surface area (Å²) in [6.07, 6.45) is 70.3. The third-order valence-corrected chi connectivity index (χ3v) is 17.1. The van der Waals surface area contributed by atoms with E-state index in [1.807, 2.05) is 0 Å². The fraction of sp³-hybridized carbons (Fsp3) is 0.957. The van der Waals surface area contributed by atoms with Gasteiger partial charge in [0.05, 0.1) is 6.61 Å². The molecule has 0 radical (unpaired) electrons. The summed E-state index contributed by atoms with van der Waals surface area (Å²) in [5.74, 6) is -2.41. The Morgan fingerprint density at radius 3 is 0.507 bits per heavy atom. The molecule has 0 aliphatic heterocycles. The lowest BCUT2D eigenvalue weighted by Gasteiger charge is -2.39. The standard InChI is InChI=1S/C69H134O6/c1-4-7-10-13-16-19-22-25-28-31-34-37-40-43-46-49-52-55-58-61-65(71)68(74,64-70)69(75,66(72)62-59-56-53-50-47-44-41-38-35-32-29-26-23-20-17-14-11-8-5-2)67(73)63-60-57-54-51-48-45-42-39-36-33-30-27-24-21-18-15-12-9-6-3/h70,74-75H,4-64H2,1-3H3. The molecule has 0 aliphatic carbocycles. The second-order valence-corrected chi connectivity index (χ2v) is 24.3. The maximum Gasteiger partial charge on any atom is 0.219 e. The Balaban J connectivity index is 4.74. The molecule has 0 bridgehead atoms. The summed E-state index contributed by atoms with van der Waals surface area (Å²) in [7, 11) is 0. The highest BCUT2D eigenvalue weighted by atomic mass is 16.4. The van der Waals surface area contributed by atoms with Gasteiger partial charge < -0.3 is 15.3 Å². The number of rotatable bonds is 65. The number of carbonyl (C=O) groups excluding carboxylic acids is 3. The average Bonchev–Trinajstić information content (AvgIpc) is 3.41. The number of ketones is 3. The zero-order valence-electron chi connectivity index (χ0n) is 51.2. The maximum absolute atomic E-state index is 14.0. The summed E-state index contributed by atoms with van der Waals surface area (Å²) in [5, 5.41) is 34.5. The second kappa shape index (κ2) is 57.6. The maximum atomic E-state index is 14.0. The molecule has 0 saturated carbocycles. The molecule has 0 aromatic rings. The van der Waals surface area contributed by atoms with Crippen molar-refractivity contribution in [2.45, 2.75) is 417 Å². The molecule has 0 fully saturated rings. The molecule has 0 aliphatic rings. The number of hydrogen-bond donors (Lipinski definition) is 3. The first kappa shape index (κ1) is 73.9. The summed E-state index contributed by atoms with van der Waals surface area (Å²) in [4.78, 5) is 41.7. The van der Waals surface area contributed by atoms with Gasteiger partial charge in [-0.1, -0.05) is 367 Å². The van der Waals surface area contributed by atoms with Crippen LogP contribution >= 0.6 is 0 Å². The third-order valence-electron chi connectivity index (χ3n) is 17.1. The first-order valence-electron chi connectivity index (χ1n) is 34.4. The lowest BCUT2D eigenvalue weighted by Crippen LogP contribution is -2.69. The molecule has 0 aromatic heterocycles. The number of aliphatic hydroxyl groups excluding tert-OH is 1. The van der Waals surface area contributed by atoms with E-state index in [1.165, 1.54) is 289 Å². The predicted octanol–water partition coefficient (Wildman–Crippen LogP) is 21.6. The van der Waals surface area contributed by atoms with Gasteiger partial charge in [0.15, 0.2) is 23.0 Å². The summed E-state index contributed by atoms with van der Waals surface area (Å²) in [6, 6.07) is 0. The summed E-state index contributed by atoms with van der Waals surface area (Å²) in [6.45, 7) is 5.69. The molecular formula is C69H134O6. The van der Waals surface area contributed by atoms with E-state index in [4.69, 9.17) is 0 Å². The van der Waals surface area contributed by atoms with E-state index >= 15 is 0 Å². The highest BCUT2D eigenvalue weighted by Crippen LogP contribution is 2.32. The SMILES string of the molecule is CCCCCCCCCCCCCCCCCCCCCC(=O)C(O)(CO)C(O)(C(=O)CCCCCCCCCCCCCCCCCCCCC)C(=O)CCCCCCCCCCCCCCCCCCCCC. The van der Waals surface area contributed by atoms with Gasteiger partial charge in [0.2, 0.25) is 5.60 Å². The topological polar surface area (TPSA) is 112 Å². The van der Waals surface area contributed by atoms with Gasteiger partial charge in [-0.2, -0.15) is 0 Å². The Morgan fingerprint density at radius 2 is 0.360 bits per heavy atom. The van der Waals surface area contributed by atoms with Gasteiger partial charge >= 0.3 is 0 Å². The minimum absolute atomic E-state index is 0.0721. The van der Waals surface area contributed by atoms with Crippen LogP contribution in [0.2, 0.25) is 0 Å². The van der Waals surface area contributed by atoms with Crippen molar-refractivity contribution in [3.05, 3.63) is 0 Å². The molecular weight excluding hydrogens is 925 g/mol. The zero-order chi connectivity index (χ0) is 54.9. The summed E-state index contributed by atoms with van der Waals surface area (Å²) in [5.41, 5.74) is -5.74. The molecule has 1 unspecified atom stereocenters. The monoisotopic (exact) mass is 1060 g/mol. The van der Waals surface area contributed by atoms with Gasteiger partial charge in [0.1, 0.15) is 0 Å². The van der Waals surface area contributed by atoms with Crippen LogP contribution in [-0.2, 0) is 14.4 Å². The van der Waals surface area contributed by atoms with Gasteiger partial charge in [-0.15, -0.1) is 0 Å². The highest BCUT2D eigenvalue weighted by molar-refractivity contribution is 6.16. The lowest BCUT2D eigenvalue weighted by molar-refractivity contribution is -0.194. The number of aliphatic hydroxyl groups is 3. The molecule has 0 amide bonds. The zero-order valence-corrected chi connectivity index (χ0v) is 51.2. The highest BCUT2D eigenvalue weighted by Gasteiger charge is 2.62. The third kappa shape index (κ3) is 43.4. The van der Waals surface area contributed by atoms with Crippen molar-refractivity contribution in [3.8, 4) is 0 Å². The van der Waals surface area contributed by atoms with Gasteiger partial charge in [0, 0.05) is 19.3 Å². The van der Waals surface area contributed by atoms with Gasteiger partial charge in [-0.25, -0.2) is 0 Å². The van der Waals surface area contributed by atoms with Crippen LogP contribution in [0.15, 0.2) is 0 Å². The predicted molar refractivity (Wildman–Crippen MR) is 326 cm³/mol. The Kier molecular flexibility index (Phi) is 56.7. The van der Waals surface area contributed by atoms with Gasteiger partial charge in [0.25, 0.3) is 0 Å². The Hall–Kier alpha value is -1.11. The number of carbonyl (C=O) groups is 3. The van der Waals surface area contributed by atoms with E-state index in [9.17, 15) is 29.7 Å². The van der Waals surface area contributed by atoms with Crippen LogP contribution in [0, 0.1) is 0 Å². The van der Waals surface area contributed by atoms with E-state index in [1.54, 1.807) is 0 Å². The molecule has 0 spiro atoms.